The Balaban J connectivity index is 2.24. The van der Waals surface area contributed by atoms with Gasteiger partial charge in [-0.1, -0.05) is 34.8 Å². The number of aryl methyl sites for hydroxylation is 1. The van der Waals surface area contributed by atoms with Gasteiger partial charge >= 0.3 is 0 Å². The second-order valence-electron chi connectivity index (χ2n) is 3.58. The lowest BCUT2D eigenvalue weighted by molar-refractivity contribution is 0.102. The van der Waals surface area contributed by atoms with Crippen LogP contribution < -0.4 is 5.32 Å². The lowest BCUT2D eigenvalue weighted by Gasteiger charge is -2.06. The number of benzene rings is 1. The molecule has 2 rings (SSSR count). The first-order valence-corrected chi connectivity index (χ1v) is 6.06. The number of hydrogen-bond acceptors (Lipinski definition) is 2. The molecule has 0 unspecified atom stereocenters. The fraction of sp³-hybridized carbons (Fsp3) is 0.0909. The monoisotopic (exact) mass is 303 g/mol. The van der Waals surface area contributed by atoms with Crippen LogP contribution in [-0.4, -0.2) is 15.7 Å². The molecule has 0 bridgehead atoms. The Kier molecular flexibility index (Phi) is 3.80. The van der Waals surface area contributed by atoms with Crippen LogP contribution in [0.3, 0.4) is 0 Å². The Morgan fingerprint density at radius 3 is 2.56 bits per heavy atom. The molecule has 7 heteroatoms. The first-order valence-electron chi connectivity index (χ1n) is 4.93. The van der Waals surface area contributed by atoms with Crippen molar-refractivity contribution < 1.29 is 4.79 Å². The molecule has 18 heavy (non-hydrogen) atoms. The summed E-state index contributed by atoms with van der Waals surface area (Å²) in [5.74, 6) is -0.426. The van der Waals surface area contributed by atoms with E-state index < -0.39 is 5.91 Å². The SMILES string of the molecule is Cn1cc(Cl)c(C(=O)Nc2ccc(Cl)cc2Cl)n1. The summed E-state index contributed by atoms with van der Waals surface area (Å²) >= 11 is 17.6. The maximum atomic E-state index is 11.9. The molecule has 1 aromatic carbocycles. The van der Waals surface area contributed by atoms with Crippen LogP contribution in [0.5, 0.6) is 0 Å². The van der Waals surface area contributed by atoms with E-state index in [4.69, 9.17) is 34.8 Å². The zero-order valence-electron chi connectivity index (χ0n) is 9.25. The van der Waals surface area contributed by atoms with E-state index in [1.807, 2.05) is 0 Å². The number of carbonyl (C=O) groups excluding carboxylic acids is 1. The van der Waals surface area contributed by atoms with Crippen LogP contribution in [0.1, 0.15) is 10.5 Å². The highest BCUT2D eigenvalue weighted by molar-refractivity contribution is 6.37. The summed E-state index contributed by atoms with van der Waals surface area (Å²) in [6.45, 7) is 0. The van der Waals surface area contributed by atoms with Gasteiger partial charge in [0.1, 0.15) is 0 Å². The minimum Gasteiger partial charge on any atom is -0.319 e. The van der Waals surface area contributed by atoms with Crippen LogP contribution >= 0.6 is 34.8 Å². The molecular weight excluding hydrogens is 296 g/mol. The number of rotatable bonds is 2. The van der Waals surface area contributed by atoms with Gasteiger partial charge in [0.05, 0.1) is 15.7 Å². The number of nitrogens with zero attached hydrogens (tertiary/aromatic N) is 2. The summed E-state index contributed by atoms with van der Waals surface area (Å²) in [5.41, 5.74) is 0.595. The van der Waals surface area contributed by atoms with E-state index in [0.717, 1.165) is 0 Å². The molecule has 94 valence electrons. The van der Waals surface area contributed by atoms with Gasteiger partial charge in [-0.3, -0.25) is 9.48 Å². The number of amides is 1. The number of anilines is 1. The van der Waals surface area contributed by atoms with Gasteiger partial charge in [0, 0.05) is 18.3 Å². The van der Waals surface area contributed by atoms with Crippen LogP contribution in [0.4, 0.5) is 5.69 Å². The van der Waals surface area contributed by atoms with E-state index in [9.17, 15) is 4.79 Å². The van der Waals surface area contributed by atoms with E-state index in [0.29, 0.717) is 15.7 Å². The van der Waals surface area contributed by atoms with Crippen LogP contribution in [0.25, 0.3) is 0 Å². The Bertz CT molecular complexity index is 610. The minimum atomic E-state index is -0.426. The molecule has 0 aliphatic carbocycles. The fourth-order valence-electron chi connectivity index (χ4n) is 1.39. The zero-order chi connectivity index (χ0) is 13.3. The van der Waals surface area contributed by atoms with Gasteiger partial charge in [0.15, 0.2) is 5.69 Å². The molecule has 0 saturated heterocycles. The van der Waals surface area contributed by atoms with Crippen molar-refractivity contribution in [1.29, 1.82) is 0 Å². The van der Waals surface area contributed by atoms with Gasteiger partial charge in [-0.2, -0.15) is 5.10 Å². The van der Waals surface area contributed by atoms with E-state index in [2.05, 4.69) is 10.4 Å². The predicted octanol–water partition coefficient (Wildman–Crippen LogP) is 3.63. The lowest BCUT2D eigenvalue weighted by Crippen LogP contribution is -2.13. The van der Waals surface area contributed by atoms with Gasteiger partial charge < -0.3 is 5.32 Å². The summed E-state index contributed by atoms with van der Waals surface area (Å²) in [5, 5.41) is 7.70. The molecule has 0 aliphatic rings. The molecule has 0 aliphatic heterocycles. The van der Waals surface area contributed by atoms with Gasteiger partial charge in [-0.05, 0) is 18.2 Å². The topological polar surface area (TPSA) is 46.9 Å². The molecule has 2 aromatic rings. The normalized spacial score (nSPS) is 10.4. The van der Waals surface area contributed by atoms with Gasteiger partial charge in [0.2, 0.25) is 0 Å². The van der Waals surface area contributed by atoms with E-state index in [-0.39, 0.29) is 10.7 Å². The average molecular weight is 305 g/mol. The van der Waals surface area contributed by atoms with Crippen molar-refractivity contribution in [3.8, 4) is 0 Å². The highest BCUT2D eigenvalue weighted by Crippen LogP contribution is 2.26. The molecule has 1 N–H and O–H groups in total. The molecule has 0 saturated carbocycles. The van der Waals surface area contributed by atoms with Crippen molar-refractivity contribution in [2.24, 2.45) is 7.05 Å². The summed E-state index contributed by atoms with van der Waals surface area (Å²) in [4.78, 5) is 11.9. The Morgan fingerprint density at radius 2 is 2.00 bits per heavy atom. The molecule has 0 atom stereocenters. The summed E-state index contributed by atoms with van der Waals surface area (Å²) < 4.78 is 1.46. The molecule has 0 spiro atoms. The molecule has 1 heterocycles. The Labute approximate surface area is 118 Å². The molecule has 0 fully saturated rings. The van der Waals surface area contributed by atoms with Gasteiger partial charge in [-0.15, -0.1) is 0 Å². The van der Waals surface area contributed by atoms with Gasteiger partial charge in [-0.25, -0.2) is 0 Å². The summed E-state index contributed by atoms with van der Waals surface area (Å²) in [6, 6.07) is 4.78. The maximum Gasteiger partial charge on any atom is 0.277 e. The fourth-order valence-corrected chi connectivity index (χ4v) is 2.11. The van der Waals surface area contributed by atoms with Crippen LogP contribution in [0.2, 0.25) is 15.1 Å². The lowest BCUT2D eigenvalue weighted by atomic mass is 10.3. The number of halogens is 3. The average Bonchev–Trinajstić information content (AvgIpc) is 2.62. The standard InChI is InChI=1S/C11H8Cl3N3O/c1-17-5-8(14)10(16-17)11(18)15-9-3-2-6(12)4-7(9)13/h2-5H,1H3,(H,15,18). The third-order valence-electron chi connectivity index (χ3n) is 2.18. The molecule has 1 aromatic heterocycles. The Morgan fingerprint density at radius 1 is 1.28 bits per heavy atom. The second-order valence-corrected chi connectivity index (χ2v) is 4.83. The number of carbonyl (C=O) groups is 1. The van der Waals surface area contributed by atoms with Crippen molar-refractivity contribution in [3.63, 3.8) is 0 Å². The van der Waals surface area contributed by atoms with Crippen LogP contribution in [0.15, 0.2) is 24.4 Å². The third-order valence-corrected chi connectivity index (χ3v) is 3.00. The molecular formula is C11H8Cl3N3O. The van der Waals surface area contributed by atoms with Crippen LogP contribution in [-0.2, 0) is 7.05 Å². The first kappa shape index (κ1) is 13.2. The largest absolute Gasteiger partial charge is 0.319 e. The number of nitrogens with one attached hydrogen (secondary N) is 1. The zero-order valence-corrected chi connectivity index (χ0v) is 11.5. The highest BCUT2D eigenvalue weighted by atomic mass is 35.5. The smallest absolute Gasteiger partial charge is 0.277 e. The second kappa shape index (κ2) is 5.18. The molecule has 4 nitrogen and oxygen atoms in total. The van der Waals surface area contributed by atoms with E-state index in [1.54, 1.807) is 31.4 Å². The first-order chi connectivity index (χ1) is 8.47. The Hall–Kier alpha value is -1.23. The van der Waals surface area contributed by atoms with Crippen molar-refractivity contribution in [1.82, 2.24) is 9.78 Å². The van der Waals surface area contributed by atoms with Crippen LogP contribution in [0, 0.1) is 0 Å². The maximum absolute atomic E-state index is 11.9. The molecule has 0 radical (unpaired) electrons. The van der Waals surface area contributed by atoms with Crippen molar-refractivity contribution >= 4 is 46.4 Å². The van der Waals surface area contributed by atoms with Crippen molar-refractivity contribution in [3.05, 3.63) is 45.2 Å². The summed E-state index contributed by atoms with van der Waals surface area (Å²) in [6.07, 6.45) is 1.54. The van der Waals surface area contributed by atoms with E-state index in [1.165, 1.54) is 4.68 Å². The van der Waals surface area contributed by atoms with Gasteiger partial charge in [0.25, 0.3) is 5.91 Å². The summed E-state index contributed by atoms with van der Waals surface area (Å²) in [7, 11) is 1.68. The third kappa shape index (κ3) is 2.77. The highest BCUT2D eigenvalue weighted by Gasteiger charge is 2.15. The molecule has 1 amide bonds. The number of hydrogen-bond donors (Lipinski definition) is 1. The minimum absolute atomic E-state index is 0.144. The van der Waals surface area contributed by atoms with E-state index >= 15 is 0 Å². The number of aromatic nitrogens is 2. The predicted molar refractivity (Wildman–Crippen MR) is 72.6 cm³/mol. The quantitative estimate of drug-likeness (QED) is 0.921. The van der Waals surface area contributed by atoms with Crippen molar-refractivity contribution in [2.45, 2.75) is 0 Å². The van der Waals surface area contributed by atoms with Crippen molar-refractivity contribution in [2.75, 3.05) is 5.32 Å².